The third-order valence-electron chi connectivity index (χ3n) is 3.72. The van der Waals surface area contributed by atoms with Crippen LogP contribution in [-0.2, 0) is 7.05 Å². The normalized spacial score (nSPS) is 10.9. The van der Waals surface area contributed by atoms with Crippen LogP contribution < -0.4 is 5.32 Å². The van der Waals surface area contributed by atoms with Crippen molar-refractivity contribution in [3.05, 3.63) is 65.1 Å². The van der Waals surface area contributed by atoms with Crippen LogP contribution in [0, 0.1) is 19.7 Å². The Balaban J connectivity index is 1.96. The number of aryl methyl sites for hydroxylation is 3. The molecule has 3 nitrogen and oxygen atoms in total. The summed E-state index contributed by atoms with van der Waals surface area (Å²) in [5, 5.41) is 3.74. The molecule has 0 spiro atoms. The van der Waals surface area contributed by atoms with Crippen molar-refractivity contribution in [3.8, 4) is 0 Å². The van der Waals surface area contributed by atoms with Gasteiger partial charge in [0.2, 0.25) is 0 Å². The molecule has 2 aromatic carbocycles. The van der Waals surface area contributed by atoms with Crippen LogP contribution in [0.1, 0.15) is 21.6 Å². The Labute approximate surface area is 128 Å². The maximum Gasteiger partial charge on any atom is 0.272 e. The number of aromatic nitrogens is 1. The van der Waals surface area contributed by atoms with Gasteiger partial charge in [0.15, 0.2) is 0 Å². The molecule has 22 heavy (non-hydrogen) atoms. The van der Waals surface area contributed by atoms with Crippen LogP contribution in [-0.4, -0.2) is 10.5 Å². The van der Waals surface area contributed by atoms with Crippen LogP contribution in [0.4, 0.5) is 10.1 Å². The summed E-state index contributed by atoms with van der Waals surface area (Å²) in [7, 11) is 1.76. The standard InChI is InChI=1S/C18H17FN2O/c1-11-6-12(2)8-15(7-11)20-18(22)17-9-13-4-5-14(19)10-16(13)21(17)3/h4-10H,1-3H3,(H,20,22). The summed E-state index contributed by atoms with van der Waals surface area (Å²) < 4.78 is 15.1. The van der Waals surface area contributed by atoms with Gasteiger partial charge in [-0.1, -0.05) is 6.07 Å². The van der Waals surface area contributed by atoms with Crippen molar-refractivity contribution >= 4 is 22.5 Å². The highest BCUT2D eigenvalue weighted by molar-refractivity contribution is 6.06. The molecule has 112 valence electrons. The zero-order chi connectivity index (χ0) is 15.9. The Morgan fingerprint density at radius 3 is 2.41 bits per heavy atom. The number of hydrogen-bond acceptors (Lipinski definition) is 1. The van der Waals surface area contributed by atoms with E-state index >= 15 is 0 Å². The summed E-state index contributed by atoms with van der Waals surface area (Å²) in [6.45, 7) is 3.98. The fourth-order valence-corrected chi connectivity index (χ4v) is 2.76. The molecule has 0 aliphatic rings. The Bertz CT molecular complexity index is 860. The van der Waals surface area contributed by atoms with E-state index in [4.69, 9.17) is 0 Å². The smallest absolute Gasteiger partial charge is 0.272 e. The largest absolute Gasteiger partial charge is 0.340 e. The monoisotopic (exact) mass is 296 g/mol. The molecule has 0 atom stereocenters. The molecule has 4 heteroatoms. The second-order valence-corrected chi connectivity index (χ2v) is 5.62. The fourth-order valence-electron chi connectivity index (χ4n) is 2.76. The molecule has 0 bridgehead atoms. The number of nitrogens with zero attached hydrogens (tertiary/aromatic N) is 1. The van der Waals surface area contributed by atoms with Crippen molar-refractivity contribution in [3.63, 3.8) is 0 Å². The van der Waals surface area contributed by atoms with E-state index in [0.717, 1.165) is 22.2 Å². The summed E-state index contributed by atoms with van der Waals surface area (Å²) in [5.41, 5.74) is 4.15. The summed E-state index contributed by atoms with van der Waals surface area (Å²) in [5.74, 6) is -0.515. The number of hydrogen-bond donors (Lipinski definition) is 1. The number of carbonyl (C=O) groups is 1. The second kappa shape index (κ2) is 5.30. The third-order valence-corrected chi connectivity index (χ3v) is 3.72. The Morgan fingerprint density at radius 2 is 1.73 bits per heavy atom. The van der Waals surface area contributed by atoms with Crippen molar-refractivity contribution in [2.24, 2.45) is 7.05 Å². The first-order valence-electron chi connectivity index (χ1n) is 7.08. The molecule has 1 amide bonds. The number of nitrogens with one attached hydrogen (secondary N) is 1. The maximum atomic E-state index is 13.3. The van der Waals surface area contributed by atoms with Gasteiger partial charge in [-0.25, -0.2) is 4.39 Å². The van der Waals surface area contributed by atoms with Crippen LogP contribution >= 0.6 is 0 Å². The lowest BCUT2D eigenvalue weighted by Crippen LogP contribution is -2.15. The molecular weight excluding hydrogens is 279 g/mol. The molecule has 1 N–H and O–H groups in total. The number of halogens is 1. The third kappa shape index (κ3) is 2.60. The van der Waals surface area contributed by atoms with Gasteiger partial charge in [-0.3, -0.25) is 4.79 Å². The van der Waals surface area contributed by atoms with E-state index in [1.807, 2.05) is 26.0 Å². The summed E-state index contributed by atoms with van der Waals surface area (Å²) in [6.07, 6.45) is 0. The van der Waals surface area contributed by atoms with Gasteiger partial charge in [0.05, 0.1) is 5.52 Å². The van der Waals surface area contributed by atoms with Crippen LogP contribution in [0.15, 0.2) is 42.5 Å². The molecule has 3 aromatic rings. The molecule has 1 aromatic heterocycles. The van der Waals surface area contributed by atoms with Crippen LogP contribution in [0.25, 0.3) is 10.9 Å². The Hall–Kier alpha value is -2.62. The van der Waals surface area contributed by atoms with Gasteiger partial charge in [0.25, 0.3) is 5.91 Å². The lowest BCUT2D eigenvalue weighted by atomic mass is 10.1. The topological polar surface area (TPSA) is 34.0 Å². The first-order chi connectivity index (χ1) is 10.4. The predicted molar refractivity (Wildman–Crippen MR) is 86.7 cm³/mol. The number of amides is 1. The Kier molecular flexibility index (Phi) is 3.45. The molecule has 0 unspecified atom stereocenters. The van der Waals surface area contributed by atoms with E-state index in [1.54, 1.807) is 23.7 Å². The van der Waals surface area contributed by atoms with Crippen LogP contribution in [0.3, 0.4) is 0 Å². The van der Waals surface area contributed by atoms with E-state index in [9.17, 15) is 9.18 Å². The van der Waals surface area contributed by atoms with Crippen molar-refractivity contribution < 1.29 is 9.18 Å². The molecule has 3 rings (SSSR count). The number of anilines is 1. The highest BCUT2D eigenvalue weighted by Crippen LogP contribution is 2.21. The van der Waals surface area contributed by atoms with Gasteiger partial charge in [-0.05, 0) is 61.4 Å². The summed E-state index contributed by atoms with van der Waals surface area (Å²) >= 11 is 0. The van der Waals surface area contributed by atoms with Crippen molar-refractivity contribution in [2.45, 2.75) is 13.8 Å². The molecule has 1 heterocycles. The minimum Gasteiger partial charge on any atom is -0.340 e. The van der Waals surface area contributed by atoms with Gasteiger partial charge >= 0.3 is 0 Å². The number of fused-ring (bicyclic) bond motifs is 1. The van der Waals surface area contributed by atoms with Gasteiger partial charge < -0.3 is 9.88 Å². The van der Waals surface area contributed by atoms with Gasteiger partial charge in [-0.2, -0.15) is 0 Å². The first-order valence-corrected chi connectivity index (χ1v) is 7.08. The SMILES string of the molecule is Cc1cc(C)cc(NC(=O)c2cc3ccc(F)cc3n2C)c1. The maximum absolute atomic E-state index is 13.3. The molecule has 0 fully saturated rings. The van der Waals surface area contributed by atoms with Crippen LogP contribution in [0.5, 0.6) is 0 Å². The van der Waals surface area contributed by atoms with E-state index in [1.165, 1.54) is 12.1 Å². The molecule has 0 aliphatic heterocycles. The highest BCUT2D eigenvalue weighted by Gasteiger charge is 2.14. The lowest BCUT2D eigenvalue weighted by molar-refractivity contribution is 0.102. The Morgan fingerprint density at radius 1 is 1.05 bits per heavy atom. The quantitative estimate of drug-likeness (QED) is 0.756. The van der Waals surface area contributed by atoms with Crippen molar-refractivity contribution in [1.29, 1.82) is 0 Å². The molecule has 0 saturated heterocycles. The number of carbonyl (C=O) groups excluding carboxylic acids is 1. The van der Waals surface area contributed by atoms with Crippen molar-refractivity contribution in [1.82, 2.24) is 4.57 Å². The van der Waals surface area contributed by atoms with Gasteiger partial charge in [-0.15, -0.1) is 0 Å². The lowest BCUT2D eigenvalue weighted by Gasteiger charge is -2.08. The highest BCUT2D eigenvalue weighted by atomic mass is 19.1. The molecular formula is C18H17FN2O. The first kappa shape index (κ1) is 14.3. The second-order valence-electron chi connectivity index (χ2n) is 5.62. The van der Waals surface area contributed by atoms with Crippen LogP contribution in [0.2, 0.25) is 0 Å². The van der Waals surface area contributed by atoms with Gasteiger partial charge in [0.1, 0.15) is 11.5 Å². The molecule has 0 saturated carbocycles. The summed E-state index contributed by atoms with van der Waals surface area (Å²) in [6, 6.07) is 12.2. The van der Waals surface area contributed by atoms with Gasteiger partial charge in [0, 0.05) is 18.1 Å². The number of rotatable bonds is 2. The van der Waals surface area contributed by atoms with Crippen molar-refractivity contribution in [2.75, 3.05) is 5.32 Å². The van der Waals surface area contributed by atoms with E-state index in [2.05, 4.69) is 11.4 Å². The zero-order valence-corrected chi connectivity index (χ0v) is 12.8. The van der Waals surface area contributed by atoms with E-state index in [0.29, 0.717) is 11.2 Å². The average molecular weight is 296 g/mol. The minimum absolute atomic E-state index is 0.205. The fraction of sp³-hybridized carbons (Fsp3) is 0.167. The predicted octanol–water partition coefficient (Wildman–Crippen LogP) is 4.19. The molecule has 0 aliphatic carbocycles. The van der Waals surface area contributed by atoms with E-state index < -0.39 is 0 Å². The summed E-state index contributed by atoms with van der Waals surface area (Å²) in [4.78, 5) is 12.5. The minimum atomic E-state index is -0.310. The van der Waals surface area contributed by atoms with E-state index in [-0.39, 0.29) is 11.7 Å². The number of benzene rings is 2. The molecule has 0 radical (unpaired) electrons. The zero-order valence-electron chi connectivity index (χ0n) is 12.8. The average Bonchev–Trinajstić information content (AvgIpc) is 2.75.